The van der Waals surface area contributed by atoms with Crippen LogP contribution in [0.25, 0.3) is 10.9 Å². The van der Waals surface area contributed by atoms with Crippen LogP contribution in [0.3, 0.4) is 0 Å². The molecule has 0 saturated carbocycles. The number of aromatic nitrogens is 1. The molecule has 106 valence electrons. The number of Topliss-reactive ketones (excluding diaryl/α,β-unsaturated/α-hetero) is 1. The number of aromatic amines is 1. The smallest absolute Gasteiger partial charge is 0.268 e. The summed E-state index contributed by atoms with van der Waals surface area (Å²) < 4.78 is 5.74. The van der Waals surface area contributed by atoms with Crippen molar-refractivity contribution in [2.45, 2.75) is 6.92 Å². The van der Waals surface area contributed by atoms with E-state index in [1.165, 1.54) is 6.92 Å². The fourth-order valence-corrected chi connectivity index (χ4v) is 2.42. The second-order valence-electron chi connectivity index (χ2n) is 4.37. The molecule has 0 radical (unpaired) electrons. The summed E-state index contributed by atoms with van der Waals surface area (Å²) in [5.41, 5.74) is 1.47. The van der Waals surface area contributed by atoms with Gasteiger partial charge in [-0.15, -0.1) is 0 Å². The van der Waals surface area contributed by atoms with Crippen LogP contribution in [0.1, 0.15) is 27.8 Å². The number of halogens is 1. The van der Waals surface area contributed by atoms with Gasteiger partial charge in [0, 0.05) is 29.0 Å². The first-order chi connectivity index (χ1) is 9.54. The second kappa shape index (κ2) is 6.19. The fourth-order valence-electron chi connectivity index (χ4n) is 2.06. The van der Waals surface area contributed by atoms with Crippen molar-refractivity contribution in [3.05, 3.63) is 33.9 Å². The summed E-state index contributed by atoms with van der Waals surface area (Å²) in [7, 11) is 1.56. The van der Waals surface area contributed by atoms with E-state index in [-0.39, 0.29) is 11.7 Å². The zero-order valence-corrected chi connectivity index (χ0v) is 12.8. The molecule has 0 spiro atoms. The van der Waals surface area contributed by atoms with Crippen LogP contribution in [0.2, 0.25) is 0 Å². The van der Waals surface area contributed by atoms with Gasteiger partial charge in [0.05, 0.1) is 12.2 Å². The highest BCUT2D eigenvalue weighted by atomic mass is 79.9. The molecule has 2 N–H and O–H groups in total. The van der Waals surface area contributed by atoms with Crippen molar-refractivity contribution < 1.29 is 14.3 Å². The van der Waals surface area contributed by atoms with Gasteiger partial charge in [0.25, 0.3) is 5.91 Å². The standard InChI is InChI=1S/C14H15BrN2O3/c1-8(18)12-10-7-9(15)3-4-11(10)17-13(12)14(19)16-5-6-20-2/h3-4,7,17H,5-6H2,1-2H3,(H,16,19). The van der Waals surface area contributed by atoms with Gasteiger partial charge in [-0.2, -0.15) is 0 Å². The van der Waals surface area contributed by atoms with Gasteiger partial charge >= 0.3 is 0 Å². The van der Waals surface area contributed by atoms with E-state index >= 15 is 0 Å². The number of amides is 1. The molecule has 0 fully saturated rings. The van der Waals surface area contributed by atoms with Crippen LogP contribution in [-0.4, -0.2) is 36.9 Å². The summed E-state index contributed by atoms with van der Waals surface area (Å²) in [5.74, 6) is -0.453. The van der Waals surface area contributed by atoms with Gasteiger partial charge in [-0.3, -0.25) is 9.59 Å². The Hall–Kier alpha value is -1.66. The molecule has 1 aromatic carbocycles. The largest absolute Gasteiger partial charge is 0.383 e. The van der Waals surface area contributed by atoms with E-state index in [9.17, 15) is 9.59 Å². The van der Waals surface area contributed by atoms with Crippen LogP contribution < -0.4 is 5.32 Å². The number of nitrogens with one attached hydrogen (secondary N) is 2. The number of ketones is 1. The maximum absolute atomic E-state index is 12.1. The Kier molecular flexibility index (Phi) is 4.57. The maximum atomic E-state index is 12.1. The number of hydrogen-bond acceptors (Lipinski definition) is 3. The van der Waals surface area contributed by atoms with E-state index in [1.807, 2.05) is 18.2 Å². The minimum absolute atomic E-state index is 0.147. The molecule has 5 nitrogen and oxygen atoms in total. The zero-order chi connectivity index (χ0) is 14.7. The normalized spacial score (nSPS) is 10.8. The fraction of sp³-hybridized carbons (Fsp3) is 0.286. The Labute approximate surface area is 124 Å². The molecular formula is C14H15BrN2O3. The first kappa shape index (κ1) is 14.7. The molecule has 0 aliphatic rings. The van der Waals surface area contributed by atoms with E-state index in [1.54, 1.807) is 7.11 Å². The van der Waals surface area contributed by atoms with E-state index in [4.69, 9.17) is 4.74 Å². The molecule has 1 amide bonds. The van der Waals surface area contributed by atoms with Crippen LogP contribution in [0.5, 0.6) is 0 Å². The highest BCUT2D eigenvalue weighted by Gasteiger charge is 2.20. The molecule has 2 rings (SSSR count). The molecule has 6 heteroatoms. The SMILES string of the molecule is COCCNC(=O)c1[nH]c2ccc(Br)cc2c1C(C)=O. The number of H-pyrrole nitrogens is 1. The lowest BCUT2D eigenvalue weighted by molar-refractivity contribution is 0.0921. The Bertz CT molecular complexity index is 664. The van der Waals surface area contributed by atoms with Gasteiger partial charge < -0.3 is 15.0 Å². The lowest BCUT2D eigenvalue weighted by Gasteiger charge is -2.04. The van der Waals surface area contributed by atoms with Gasteiger partial charge in [0.15, 0.2) is 5.78 Å². The molecular weight excluding hydrogens is 324 g/mol. The number of carbonyl (C=O) groups is 2. The van der Waals surface area contributed by atoms with Gasteiger partial charge in [-0.05, 0) is 25.1 Å². The molecule has 1 heterocycles. The molecule has 0 saturated heterocycles. The Balaban J connectivity index is 2.44. The summed E-state index contributed by atoms with van der Waals surface area (Å²) in [6.45, 7) is 2.27. The minimum Gasteiger partial charge on any atom is -0.383 e. The maximum Gasteiger partial charge on any atom is 0.268 e. The number of fused-ring (bicyclic) bond motifs is 1. The van der Waals surface area contributed by atoms with E-state index < -0.39 is 0 Å². The van der Waals surface area contributed by atoms with Gasteiger partial charge in [0.1, 0.15) is 5.69 Å². The van der Waals surface area contributed by atoms with Gasteiger partial charge in [-0.1, -0.05) is 15.9 Å². The van der Waals surface area contributed by atoms with Gasteiger partial charge in [-0.25, -0.2) is 0 Å². The Morgan fingerprint density at radius 3 is 2.80 bits per heavy atom. The van der Waals surface area contributed by atoms with Crippen molar-refractivity contribution in [1.29, 1.82) is 0 Å². The van der Waals surface area contributed by atoms with E-state index in [0.717, 1.165) is 15.4 Å². The number of rotatable bonds is 5. The van der Waals surface area contributed by atoms with E-state index in [2.05, 4.69) is 26.2 Å². The van der Waals surface area contributed by atoms with Crippen molar-refractivity contribution >= 4 is 38.5 Å². The average Bonchev–Trinajstić information content (AvgIpc) is 2.77. The molecule has 20 heavy (non-hydrogen) atoms. The predicted molar refractivity (Wildman–Crippen MR) is 80.2 cm³/mol. The molecule has 0 unspecified atom stereocenters. The van der Waals surface area contributed by atoms with Crippen molar-refractivity contribution in [1.82, 2.24) is 10.3 Å². The molecule has 0 atom stereocenters. The Morgan fingerprint density at radius 1 is 1.40 bits per heavy atom. The summed E-state index contributed by atoms with van der Waals surface area (Å²) in [6, 6.07) is 5.52. The third-order valence-electron chi connectivity index (χ3n) is 2.93. The monoisotopic (exact) mass is 338 g/mol. The number of ether oxygens (including phenoxy) is 1. The highest BCUT2D eigenvalue weighted by molar-refractivity contribution is 9.10. The highest BCUT2D eigenvalue weighted by Crippen LogP contribution is 2.26. The van der Waals surface area contributed by atoms with Crippen LogP contribution in [0.15, 0.2) is 22.7 Å². The van der Waals surface area contributed by atoms with Crippen molar-refractivity contribution in [2.75, 3.05) is 20.3 Å². The quantitative estimate of drug-likeness (QED) is 0.650. The van der Waals surface area contributed by atoms with Crippen LogP contribution in [-0.2, 0) is 4.74 Å². The van der Waals surface area contributed by atoms with Crippen LogP contribution in [0, 0.1) is 0 Å². The predicted octanol–water partition coefficient (Wildman–Crippen LogP) is 2.51. The number of benzene rings is 1. The summed E-state index contributed by atoms with van der Waals surface area (Å²) in [4.78, 5) is 27.0. The van der Waals surface area contributed by atoms with Crippen molar-refractivity contribution in [2.24, 2.45) is 0 Å². The van der Waals surface area contributed by atoms with E-state index in [0.29, 0.717) is 24.4 Å². The van der Waals surface area contributed by atoms with Crippen molar-refractivity contribution in [3.8, 4) is 0 Å². The average molecular weight is 339 g/mol. The molecule has 0 aliphatic carbocycles. The number of methoxy groups -OCH3 is 1. The first-order valence-corrected chi connectivity index (χ1v) is 6.93. The van der Waals surface area contributed by atoms with Crippen LogP contribution >= 0.6 is 15.9 Å². The Morgan fingerprint density at radius 2 is 2.15 bits per heavy atom. The summed E-state index contributed by atoms with van der Waals surface area (Å²) in [5, 5.41) is 3.45. The molecule has 1 aromatic heterocycles. The van der Waals surface area contributed by atoms with Crippen LogP contribution in [0.4, 0.5) is 0 Å². The third-order valence-corrected chi connectivity index (χ3v) is 3.42. The lowest BCUT2D eigenvalue weighted by Crippen LogP contribution is -2.28. The molecule has 0 bridgehead atoms. The number of carbonyl (C=O) groups excluding carboxylic acids is 2. The molecule has 0 aliphatic heterocycles. The first-order valence-electron chi connectivity index (χ1n) is 6.14. The lowest BCUT2D eigenvalue weighted by atomic mass is 10.1. The topological polar surface area (TPSA) is 71.2 Å². The van der Waals surface area contributed by atoms with Gasteiger partial charge in [0.2, 0.25) is 0 Å². The summed E-state index contributed by atoms with van der Waals surface area (Å²) >= 11 is 3.37. The number of hydrogen-bond donors (Lipinski definition) is 2. The zero-order valence-electron chi connectivity index (χ0n) is 11.2. The summed E-state index contributed by atoms with van der Waals surface area (Å²) in [6.07, 6.45) is 0. The minimum atomic E-state index is -0.306. The molecule has 2 aromatic rings. The third kappa shape index (κ3) is 2.91. The van der Waals surface area contributed by atoms with Crippen molar-refractivity contribution in [3.63, 3.8) is 0 Å². The second-order valence-corrected chi connectivity index (χ2v) is 5.29.